The van der Waals surface area contributed by atoms with Crippen LogP contribution in [-0.4, -0.2) is 20.7 Å². The van der Waals surface area contributed by atoms with Crippen molar-refractivity contribution in [2.45, 2.75) is 26.8 Å². The van der Waals surface area contributed by atoms with Crippen molar-refractivity contribution in [1.29, 1.82) is 0 Å². The summed E-state index contributed by atoms with van der Waals surface area (Å²) in [6, 6.07) is 15.6. The largest absolute Gasteiger partial charge is 0.366 e. The minimum Gasteiger partial charge on any atom is -0.366 e. The molecule has 0 aliphatic carbocycles. The van der Waals surface area contributed by atoms with E-state index in [1.807, 2.05) is 69.3 Å². The average Bonchev–Trinajstić information content (AvgIpc) is 3.04. The quantitative estimate of drug-likeness (QED) is 0.751. The van der Waals surface area contributed by atoms with Gasteiger partial charge in [-0.05, 0) is 26.3 Å². The standard InChI is InChI=1S/C21H21N5O/c1-12-7-9-15(10-8-12)20-24-21-23-14(3)17(19(22)27)18(26(21)25-20)16-6-4-5-13(2)11-16/h4-11,18H,1-3H3,(H2,22,27)(H,23,24,25). The van der Waals surface area contributed by atoms with Gasteiger partial charge in [0.2, 0.25) is 11.9 Å². The van der Waals surface area contributed by atoms with Crippen molar-refractivity contribution in [1.82, 2.24) is 14.8 Å². The Kier molecular flexibility index (Phi) is 4.03. The summed E-state index contributed by atoms with van der Waals surface area (Å²) < 4.78 is 1.75. The molecular weight excluding hydrogens is 338 g/mol. The lowest BCUT2D eigenvalue weighted by molar-refractivity contribution is -0.115. The number of aromatic nitrogens is 3. The normalized spacial score (nSPS) is 16.0. The molecule has 0 radical (unpaired) electrons. The Morgan fingerprint density at radius 3 is 2.48 bits per heavy atom. The fourth-order valence-electron chi connectivity index (χ4n) is 3.44. The van der Waals surface area contributed by atoms with E-state index in [-0.39, 0.29) is 0 Å². The summed E-state index contributed by atoms with van der Waals surface area (Å²) in [5.41, 5.74) is 11.1. The number of allylic oxidation sites excluding steroid dienone is 1. The van der Waals surface area contributed by atoms with Crippen molar-refractivity contribution in [2.75, 3.05) is 5.32 Å². The van der Waals surface area contributed by atoms with E-state index < -0.39 is 11.9 Å². The number of carbonyl (C=O) groups is 1. The lowest BCUT2D eigenvalue weighted by atomic mass is 9.94. The van der Waals surface area contributed by atoms with Gasteiger partial charge in [-0.25, -0.2) is 4.68 Å². The lowest BCUT2D eigenvalue weighted by Crippen LogP contribution is -2.31. The van der Waals surface area contributed by atoms with Gasteiger partial charge in [-0.2, -0.15) is 4.98 Å². The number of hydrogen-bond donors (Lipinski definition) is 2. The Balaban J connectivity index is 1.88. The van der Waals surface area contributed by atoms with Gasteiger partial charge < -0.3 is 11.1 Å². The second-order valence-corrected chi connectivity index (χ2v) is 6.91. The first-order valence-electron chi connectivity index (χ1n) is 8.82. The highest BCUT2D eigenvalue weighted by molar-refractivity contribution is 5.95. The highest BCUT2D eigenvalue weighted by Gasteiger charge is 2.33. The summed E-state index contributed by atoms with van der Waals surface area (Å²) in [5.74, 6) is 0.734. The molecule has 1 amide bonds. The lowest BCUT2D eigenvalue weighted by Gasteiger charge is -2.27. The van der Waals surface area contributed by atoms with Crippen molar-refractivity contribution >= 4 is 11.9 Å². The summed E-state index contributed by atoms with van der Waals surface area (Å²) in [7, 11) is 0. The third-order valence-corrected chi connectivity index (χ3v) is 4.79. The summed E-state index contributed by atoms with van der Waals surface area (Å²) >= 11 is 0. The first kappa shape index (κ1) is 17.0. The molecule has 136 valence electrons. The minimum absolute atomic E-state index is 0.412. The second kappa shape index (κ2) is 6.39. The molecule has 0 bridgehead atoms. The Morgan fingerprint density at radius 1 is 1.07 bits per heavy atom. The molecule has 6 nitrogen and oxygen atoms in total. The van der Waals surface area contributed by atoms with Crippen LogP contribution >= 0.6 is 0 Å². The summed E-state index contributed by atoms with van der Waals surface area (Å²) in [6.45, 7) is 5.90. The Labute approximate surface area is 157 Å². The highest BCUT2D eigenvalue weighted by Crippen LogP contribution is 2.36. The second-order valence-electron chi connectivity index (χ2n) is 6.91. The van der Waals surface area contributed by atoms with Crippen molar-refractivity contribution < 1.29 is 4.79 Å². The van der Waals surface area contributed by atoms with Gasteiger partial charge in [0.25, 0.3) is 0 Å². The van der Waals surface area contributed by atoms with Crippen LogP contribution in [0.25, 0.3) is 11.4 Å². The predicted molar refractivity (Wildman–Crippen MR) is 105 cm³/mol. The molecule has 1 aliphatic heterocycles. The molecular formula is C21H21N5O. The summed E-state index contributed by atoms with van der Waals surface area (Å²) in [6.07, 6.45) is 0. The van der Waals surface area contributed by atoms with E-state index in [1.165, 1.54) is 5.56 Å². The zero-order valence-corrected chi connectivity index (χ0v) is 15.5. The average molecular weight is 359 g/mol. The number of nitrogens with zero attached hydrogens (tertiary/aromatic N) is 3. The van der Waals surface area contributed by atoms with E-state index in [4.69, 9.17) is 10.8 Å². The molecule has 1 aromatic heterocycles. The predicted octanol–water partition coefficient (Wildman–Crippen LogP) is 3.34. The third-order valence-electron chi connectivity index (χ3n) is 4.79. The number of rotatable bonds is 3. The van der Waals surface area contributed by atoms with Crippen LogP contribution in [-0.2, 0) is 4.79 Å². The third kappa shape index (κ3) is 2.99. The highest BCUT2D eigenvalue weighted by atomic mass is 16.1. The number of primary amides is 1. The SMILES string of the molecule is CC1=C(C(N)=O)C(c2cccc(C)c2)n2nc(-c3ccc(C)cc3)nc2N1. The number of aryl methyl sites for hydroxylation is 2. The molecule has 6 heteroatoms. The van der Waals surface area contributed by atoms with E-state index >= 15 is 0 Å². The van der Waals surface area contributed by atoms with Crippen LogP contribution in [0.1, 0.15) is 29.7 Å². The summed E-state index contributed by atoms with van der Waals surface area (Å²) in [4.78, 5) is 16.9. The molecule has 4 rings (SSSR count). The summed E-state index contributed by atoms with van der Waals surface area (Å²) in [5, 5.41) is 7.88. The van der Waals surface area contributed by atoms with Crippen LogP contribution in [0.2, 0.25) is 0 Å². The Bertz CT molecular complexity index is 1060. The number of hydrogen-bond acceptors (Lipinski definition) is 4. The number of nitrogens with two attached hydrogens (primary N) is 1. The maximum Gasteiger partial charge on any atom is 0.248 e. The van der Waals surface area contributed by atoms with Crippen LogP contribution in [0, 0.1) is 13.8 Å². The van der Waals surface area contributed by atoms with Gasteiger partial charge >= 0.3 is 0 Å². The Hall–Kier alpha value is -3.41. The van der Waals surface area contributed by atoms with Crippen LogP contribution in [0.3, 0.4) is 0 Å². The number of benzene rings is 2. The molecule has 27 heavy (non-hydrogen) atoms. The monoisotopic (exact) mass is 359 g/mol. The minimum atomic E-state index is -0.468. The van der Waals surface area contributed by atoms with Crippen molar-refractivity contribution in [2.24, 2.45) is 5.73 Å². The van der Waals surface area contributed by atoms with E-state index in [0.29, 0.717) is 23.0 Å². The molecule has 1 aliphatic rings. The van der Waals surface area contributed by atoms with Gasteiger partial charge in [0.05, 0.1) is 5.57 Å². The fourth-order valence-corrected chi connectivity index (χ4v) is 3.44. The first-order chi connectivity index (χ1) is 12.9. The van der Waals surface area contributed by atoms with Crippen molar-refractivity contribution in [3.05, 3.63) is 76.5 Å². The van der Waals surface area contributed by atoms with Gasteiger partial charge in [-0.3, -0.25) is 4.79 Å². The molecule has 2 heterocycles. The molecule has 1 unspecified atom stereocenters. The van der Waals surface area contributed by atoms with Crippen LogP contribution < -0.4 is 11.1 Å². The van der Waals surface area contributed by atoms with E-state index in [9.17, 15) is 4.79 Å². The van der Waals surface area contributed by atoms with Crippen LogP contribution in [0.15, 0.2) is 59.8 Å². The molecule has 3 N–H and O–H groups in total. The van der Waals surface area contributed by atoms with Gasteiger partial charge in [-0.15, -0.1) is 5.10 Å². The van der Waals surface area contributed by atoms with Gasteiger partial charge in [-0.1, -0.05) is 59.7 Å². The molecule has 3 aromatic rings. The molecule has 0 spiro atoms. The van der Waals surface area contributed by atoms with Crippen LogP contribution in [0.4, 0.5) is 5.95 Å². The van der Waals surface area contributed by atoms with Gasteiger partial charge in [0.1, 0.15) is 6.04 Å². The molecule has 2 aromatic carbocycles. The Morgan fingerprint density at radius 2 is 1.81 bits per heavy atom. The van der Waals surface area contributed by atoms with E-state index in [2.05, 4.69) is 10.3 Å². The zero-order valence-electron chi connectivity index (χ0n) is 15.5. The van der Waals surface area contributed by atoms with Crippen molar-refractivity contribution in [3.8, 4) is 11.4 Å². The van der Waals surface area contributed by atoms with Crippen LogP contribution in [0.5, 0.6) is 0 Å². The first-order valence-corrected chi connectivity index (χ1v) is 8.82. The maximum absolute atomic E-state index is 12.2. The number of nitrogens with one attached hydrogen (secondary N) is 1. The topological polar surface area (TPSA) is 85.8 Å². The van der Waals surface area contributed by atoms with Gasteiger partial charge in [0.15, 0.2) is 5.82 Å². The molecule has 1 atom stereocenters. The number of fused-ring (bicyclic) bond motifs is 1. The maximum atomic E-state index is 12.2. The number of carbonyl (C=O) groups excluding carboxylic acids is 1. The van der Waals surface area contributed by atoms with Crippen molar-refractivity contribution in [3.63, 3.8) is 0 Å². The number of anilines is 1. The number of amides is 1. The molecule has 0 fully saturated rings. The fraction of sp³-hybridized carbons (Fsp3) is 0.190. The smallest absolute Gasteiger partial charge is 0.248 e. The van der Waals surface area contributed by atoms with Gasteiger partial charge in [0, 0.05) is 11.3 Å². The zero-order chi connectivity index (χ0) is 19.1. The van der Waals surface area contributed by atoms with E-state index in [0.717, 1.165) is 16.7 Å². The molecule has 0 saturated heterocycles. The van der Waals surface area contributed by atoms with E-state index in [1.54, 1.807) is 4.68 Å². The molecule has 0 saturated carbocycles.